The molecule has 0 heterocycles. The molecule has 0 spiro atoms. The summed E-state index contributed by atoms with van der Waals surface area (Å²) >= 11 is 0. The van der Waals surface area contributed by atoms with E-state index in [1.807, 2.05) is 12.1 Å². The van der Waals surface area contributed by atoms with Crippen molar-refractivity contribution in [1.29, 1.82) is 0 Å². The van der Waals surface area contributed by atoms with E-state index in [1.165, 1.54) is 12.8 Å². The highest BCUT2D eigenvalue weighted by atomic mass is 16.5. The topological polar surface area (TPSA) is 38.7 Å². The number of aliphatic hydroxyl groups excluding tert-OH is 1. The molecule has 16 heavy (non-hydrogen) atoms. The van der Waals surface area contributed by atoms with Crippen LogP contribution in [0.4, 0.5) is 0 Å². The second-order valence-corrected chi connectivity index (χ2v) is 3.69. The lowest BCUT2D eigenvalue weighted by molar-refractivity contribution is 0.259. The van der Waals surface area contributed by atoms with Gasteiger partial charge in [-0.2, -0.15) is 0 Å². The van der Waals surface area contributed by atoms with E-state index in [2.05, 4.69) is 6.92 Å². The van der Waals surface area contributed by atoms with Gasteiger partial charge in [0, 0.05) is 5.56 Å². The Morgan fingerprint density at radius 3 is 2.69 bits per heavy atom. The van der Waals surface area contributed by atoms with Crippen molar-refractivity contribution in [1.82, 2.24) is 0 Å². The molecule has 0 amide bonds. The third-order valence-electron chi connectivity index (χ3n) is 2.44. The van der Waals surface area contributed by atoms with Crippen molar-refractivity contribution in [3.8, 4) is 11.5 Å². The summed E-state index contributed by atoms with van der Waals surface area (Å²) in [7, 11) is 1.61. The van der Waals surface area contributed by atoms with Crippen molar-refractivity contribution in [2.75, 3.05) is 13.7 Å². The zero-order valence-electron chi connectivity index (χ0n) is 10.0. The highest BCUT2D eigenvalue weighted by Gasteiger charge is 2.04. The van der Waals surface area contributed by atoms with Crippen molar-refractivity contribution in [2.45, 2.75) is 32.8 Å². The van der Waals surface area contributed by atoms with Crippen LogP contribution in [0.15, 0.2) is 18.2 Å². The molecule has 0 bridgehead atoms. The molecular formula is C13H20O3. The molecule has 90 valence electrons. The van der Waals surface area contributed by atoms with Crippen LogP contribution >= 0.6 is 0 Å². The van der Waals surface area contributed by atoms with Gasteiger partial charge in [-0.25, -0.2) is 0 Å². The number of methoxy groups -OCH3 is 1. The Balaban J connectivity index is 2.57. The fraction of sp³-hybridized carbons (Fsp3) is 0.538. The summed E-state index contributed by atoms with van der Waals surface area (Å²) in [6.45, 7) is 2.83. The summed E-state index contributed by atoms with van der Waals surface area (Å²) in [4.78, 5) is 0. The van der Waals surface area contributed by atoms with E-state index in [4.69, 9.17) is 9.47 Å². The maximum atomic E-state index is 9.21. The van der Waals surface area contributed by atoms with E-state index < -0.39 is 0 Å². The SMILES string of the molecule is CCCCCOc1ccc(OC)cc1CO. The van der Waals surface area contributed by atoms with Crippen LogP contribution in [0.5, 0.6) is 11.5 Å². The van der Waals surface area contributed by atoms with Crippen LogP contribution in [0.2, 0.25) is 0 Å². The van der Waals surface area contributed by atoms with Gasteiger partial charge in [0.1, 0.15) is 11.5 Å². The van der Waals surface area contributed by atoms with Gasteiger partial charge in [-0.05, 0) is 24.6 Å². The van der Waals surface area contributed by atoms with Crippen LogP contribution in [0, 0.1) is 0 Å². The average molecular weight is 224 g/mol. The Morgan fingerprint density at radius 1 is 1.25 bits per heavy atom. The second kappa shape index (κ2) is 7.12. The minimum atomic E-state index is -0.0275. The van der Waals surface area contributed by atoms with E-state index in [-0.39, 0.29) is 6.61 Å². The molecule has 0 unspecified atom stereocenters. The molecular weight excluding hydrogens is 204 g/mol. The predicted octanol–water partition coefficient (Wildman–Crippen LogP) is 2.76. The van der Waals surface area contributed by atoms with E-state index in [1.54, 1.807) is 13.2 Å². The minimum absolute atomic E-state index is 0.0275. The maximum Gasteiger partial charge on any atom is 0.125 e. The van der Waals surface area contributed by atoms with Gasteiger partial charge in [-0.15, -0.1) is 0 Å². The Morgan fingerprint density at radius 2 is 2.06 bits per heavy atom. The van der Waals surface area contributed by atoms with Gasteiger partial charge in [0.05, 0.1) is 20.3 Å². The number of benzene rings is 1. The number of hydrogen-bond donors (Lipinski definition) is 1. The number of unbranched alkanes of at least 4 members (excludes halogenated alkanes) is 2. The molecule has 0 aliphatic rings. The van der Waals surface area contributed by atoms with Crippen molar-refractivity contribution < 1.29 is 14.6 Å². The molecule has 1 aromatic carbocycles. The van der Waals surface area contributed by atoms with Crippen molar-refractivity contribution >= 4 is 0 Å². The highest BCUT2D eigenvalue weighted by molar-refractivity contribution is 5.39. The first-order chi connectivity index (χ1) is 7.81. The van der Waals surface area contributed by atoms with Gasteiger partial charge >= 0.3 is 0 Å². The molecule has 0 fully saturated rings. The number of rotatable bonds is 7. The largest absolute Gasteiger partial charge is 0.497 e. The molecule has 0 atom stereocenters. The summed E-state index contributed by atoms with van der Waals surface area (Å²) in [5.74, 6) is 1.49. The highest BCUT2D eigenvalue weighted by Crippen LogP contribution is 2.24. The summed E-state index contributed by atoms with van der Waals surface area (Å²) in [5, 5.41) is 9.21. The first-order valence-corrected chi connectivity index (χ1v) is 5.72. The molecule has 0 saturated carbocycles. The fourth-order valence-corrected chi connectivity index (χ4v) is 1.48. The smallest absolute Gasteiger partial charge is 0.125 e. The van der Waals surface area contributed by atoms with E-state index in [9.17, 15) is 5.11 Å². The van der Waals surface area contributed by atoms with Crippen LogP contribution in [-0.4, -0.2) is 18.8 Å². The second-order valence-electron chi connectivity index (χ2n) is 3.69. The summed E-state index contributed by atoms with van der Waals surface area (Å²) in [6, 6.07) is 5.49. The van der Waals surface area contributed by atoms with Gasteiger partial charge in [0.2, 0.25) is 0 Å². The summed E-state index contributed by atoms with van der Waals surface area (Å²) < 4.78 is 10.7. The van der Waals surface area contributed by atoms with Crippen molar-refractivity contribution in [2.24, 2.45) is 0 Å². The zero-order chi connectivity index (χ0) is 11.8. The molecule has 0 aromatic heterocycles. The molecule has 0 radical (unpaired) electrons. The quantitative estimate of drug-likeness (QED) is 0.724. The molecule has 3 nitrogen and oxygen atoms in total. The molecule has 0 aliphatic carbocycles. The van der Waals surface area contributed by atoms with Gasteiger partial charge < -0.3 is 14.6 Å². The number of aliphatic hydroxyl groups is 1. The first kappa shape index (κ1) is 12.8. The Kier molecular flexibility index (Phi) is 5.72. The molecule has 1 rings (SSSR count). The summed E-state index contributed by atoms with van der Waals surface area (Å²) in [5.41, 5.74) is 0.774. The third kappa shape index (κ3) is 3.74. The normalized spacial score (nSPS) is 10.2. The van der Waals surface area contributed by atoms with Gasteiger partial charge in [-0.3, -0.25) is 0 Å². The molecule has 1 N–H and O–H groups in total. The molecule has 1 aromatic rings. The van der Waals surface area contributed by atoms with Gasteiger partial charge in [-0.1, -0.05) is 19.8 Å². The van der Waals surface area contributed by atoms with Crippen LogP contribution < -0.4 is 9.47 Å². The van der Waals surface area contributed by atoms with Crippen LogP contribution in [0.3, 0.4) is 0 Å². The first-order valence-electron chi connectivity index (χ1n) is 5.72. The lowest BCUT2D eigenvalue weighted by atomic mass is 10.2. The minimum Gasteiger partial charge on any atom is -0.497 e. The van der Waals surface area contributed by atoms with E-state index in [0.717, 1.165) is 23.5 Å². The van der Waals surface area contributed by atoms with Crippen LogP contribution in [0.25, 0.3) is 0 Å². The van der Waals surface area contributed by atoms with Crippen molar-refractivity contribution in [3.63, 3.8) is 0 Å². The van der Waals surface area contributed by atoms with Gasteiger partial charge in [0.25, 0.3) is 0 Å². The van der Waals surface area contributed by atoms with Gasteiger partial charge in [0.15, 0.2) is 0 Å². The fourth-order valence-electron chi connectivity index (χ4n) is 1.48. The number of ether oxygens (including phenoxy) is 2. The molecule has 0 aliphatic heterocycles. The molecule has 0 saturated heterocycles. The van der Waals surface area contributed by atoms with Crippen LogP contribution in [-0.2, 0) is 6.61 Å². The monoisotopic (exact) mass is 224 g/mol. The Bertz CT molecular complexity index is 310. The Labute approximate surface area is 97.0 Å². The van der Waals surface area contributed by atoms with E-state index in [0.29, 0.717) is 6.61 Å². The lowest BCUT2D eigenvalue weighted by Crippen LogP contribution is -2.00. The lowest BCUT2D eigenvalue weighted by Gasteiger charge is -2.11. The standard InChI is InChI=1S/C13H20O3/c1-3-4-5-8-16-13-7-6-12(15-2)9-11(13)10-14/h6-7,9,14H,3-5,8,10H2,1-2H3. The maximum absolute atomic E-state index is 9.21. The average Bonchev–Trinajstić information content (AvgIpc) is 2.34. The molecule has 3 heteroatoms. The Hall–Kier alpha value is -1.22. The predicted molar refractivity (Wildman–Crippen MR) is 63.9 cm³/mol. The van der Waals surface area contributed by atoms with Crippen molar-refractivity contribution in [3.05, 3.63) is 23.8 Å². The zero-order valence-corrected chi connectivity index (χ0v) is 10.0. The third-order valence-corrected chi connectivity index (χ3v) is 2.44. The van der Waals surface area contributed by atoms with Crippen LogP contribution in [0.1, 0.15) is 31.7 Å². The van der Waals surface area contributed by atoms with E-state index >= 15 is 0 Å². The number of hydrogen-bond acceptors (Lipinski definition) is 3. The summed E-state index contributed by atoms with van der Waals surface area (Å²) in [6.07, 6.45) is 3.40.